The molecule has 0 aliphatic heterocycles. The third-order valence-corrected chi connectivity index (χ3v) is 4.75. The second-order valence-corrected chi connectivity index (χ2v) is 6.68. The predicted octanol–water partition coefficient (Wildman–Crippen LogP) is 4.35. The summed E-state index contributed by atoms with van der Waals surface area (Å²) in [5, 5.41) is 3.13. The molecule has 5 nitrogen and oxygen atoms in total. The molecule has 0 spiro atoms. The van der Waals surface area contributed by atoms with E-state index >= 15 is 0 Å². The lowest BCUT2D eigenvalue weighted by atomic mass is 10.1. The number of rotatable bonds is 8. The van der Waals surface area contributed by atoms with Gasteiger partial charge < -0.3 is 19.5 Å². The van der Waals surface area contributed by atoms with E-state index < -0.39 is 0 Å². The van der Waals surface area contributed by atoms with Crippen LogP contribution in [-0.2, 0) is 6.61 Å². The molecular weight excluding hydrogens is 342 g/mol. The summed E-state index contributed by atoms with van der Waals surface area (Å²) in [5.41, 5.74) is 1.48. The first-order valence-electron chi connectivity index (χ1n) is 9.53. The lowest BCUT2D eigenvalue weighted by molar-refractivity contribution is 0.0937. The van der Waals surface area contributed by atoms with E-state index in [0.29, 0.717) is 30.6 Å². The normalized spacial score (nSPS) is 14.0. The number of hydrogen-bond acceptors (Lipinski definition) is 4. The topological polar surface area (TPSA) is 56.8 Å². The van der Waals surface area contributed by atoms with E-state index in [1.165, 1.54) is 12.8 Å². The summed E-state index contributed by atoms with van der Waals surface area (Å²) in [6.45, 7) is 2.81. The monoisotopic (exact) mass is 369 g/mol. The Morgan fingerprint density at radius 2 is 1.85 bits per heavy atom. The van der Waals surface area contributed by atoms with Crippen molar-refractivity contribution in [3.05, 3.63) is 53.6 Å². The van der Waals surface area contributed by atoms with Gasteiger partial charge in [0.2, 0.25) is 0 Å². The Morgan fingerprint density at radius 3 is 2.59 bits per heavy atom. The lowest BCUT2D eigenvalue weighted by Crippen LogP contribution is -2.32. The van der Waals surface area contributed by atoms with Crippen LogP contribution in [0.4, 0.5) is 0 Å². The van der Waals surface area contributed by atoms with Crippen LogP contribution < -0.4 is 19.5 Å². The first kappa shape index (κ1) is 19.1. The highest BCUT2D eigenvalue weighted by atomic mass is 16.5. The summed E-state index contributed by atoms with van der Waals surface area (Å²) in [6.07, 6.45) is 4.50. The highest BCUT2D eigenvalue weighted by Crippen LogP contribution is 2.25. The molecule has 2 aromatic carbocycles. The standard InChI is InChI=1S/C22H27NO4/c1-3-26-21-12-11-16(22(24)23-18-7-4-5-8-18)13-17(21)15-27-20-10-6-9-19(14-20)25-2/h6,9-14,18H,3-5,7-8,15H2,1-2H3,(H,23,24). The zero-order chi connectivity index (χ0) is 19.1. The molecule has 0 aromatic heterocycles. The molecule has 27 heavy (non-hydrogen) atoms. The minimum absolute atomic E-state index is 0.0346. The quantitative estimate of drug-likeness (QED) is 0.752. The van der Waals surface area contributed by atoms with Crippen molar-refractivity contribution < 1.29 is 19.0 Å². The first-order valence-corrected chi connectivity index (χ1v) is 9.53. The third-order valence-electron chi connectivity index (χ3n) is 4.75. The van der Waals surface area contributed by atoms with Crippen molar-refractivity contribution in [3.8, 4) is 17.2 Å². The molecule has 5 heteroatoms. The number of benzene rings is 2. The first-order chi connectivity index (χ1) is 13.2. The summed E-state index contributed by atoms with van der Waals surface area (Å²) in [5.74, 6) is 2.14. The summed E-state index contributed by atoms with van der Waals surface area (Å²) in [7, 11) is 1.62. The van der Waals surface area contributed by atoms with Crippen LogP contribution in [0, 0.1) is 0 Å². The van der Waals surface area contributed by atoms with Crippen LogP contribution >= 0.6 is 0 Å². The van der Waals surface area contributed by atoms with Crippen molar-refractivity contribution >= 4 is 5.91 Å². The van der Waals surface area contributed by atoms with Crippen molar-refractivity contribution in [1.29, 1.82) is 0 Å². The maximum atomic E-state index is 12.6. The number of methoxy groups -OCH3 is 1. The van der Waals surface area contributed by atoms with Gasteiger partial charge in [0.05, 0.1) is 13.7 Å². The van der Waals surface area contributed by atoms with Crippen molar-refractivity contribution in [2.24, 2.45) is 0 Å². The fourth-order valence-corrected chi connectivity index (χ4v) is 3.32. The zero-order valence-electron chi connectivity index (χ0n) is 16.0. The van der Waals surface area contributed by atoms with E-state index in [2.05, 4.69) is 5.32 Å². The van der Waals surface area contributed by atoms with Crippen LogP contribution in [0.1, 0.15) is 48.5 Å². The molecule has 3 rings (SSSR count). The minimum Gasteiger partial charge on any atom is -0.497 e. The van der Waals surface area contributed by atoms with Gasteiger partial charge in [0.25, 0.3) is 5.91 Å². The Morgan fingerprint density at radius 1 is 1.07 bits per heavy atom. The fourth-order valence-electron chi connectivity index (χ4n) is 3.32. The summed E-state index contributed by atoms with van der Waals surface area (Å²) in [4.78, 5) is 12.6. The maximum Gasteiger partial charge on any atom is 0.251 e. The molecule has 1 aliphatic rings. The molecule has 0 unspecified atom stereocenters. The second kappa shape index (κ2) is 9.31. The van der Waals surface area contributed by atoms with Gasteiger partial charge in [-0.2, -0.15) is 0 Å². The van der Waals surface area contributed by atoms with Crippen molar-refractivity contribution in [2.45, 2.75) is 45.3 Å². The van der Waals surface area contributed by atoms with E-state index in [0.717, 1.165) is 29.9 Å². The number of carbonyl (C=O) groups is 1. The molecular formula is C22H27NO4. The Bertz CT molecular complexity index is 769. The molecule has 2 aromatic rings. The van der Waals surface area contributed by atoms with E-state index in [-0.39, 0.29) is 5.91 Å². The van der Waals surface area contributed by atoms with Crippen molar-refractivity contribution in [3.63, 3.8) is 0 Å². The molecule has 1 aliphatic carbocycles. The number of ether oxygens (including phenoxy) is 3. The van der Waals surface area contributed by atoms with E-state index in [4.69, 9.17) is 14.2 Å². The van der Waals surface area contributed by atoms with Crippen LogP contribution in [0.5, 0.6) is 17.2 Å². The summed E-state index contributed by atoms with van der Waals surface area (Å²) < 4.78 is 16.8. The van der Waals surface area contributed by atoms with Crippen molar-refractivity contribution in [1.82, 2.24) is 5.32 Å². The Kier molecular flexibility index (Phi) is 6.58. The van der Waals surface area contributed by atoms with E-state index in [9.17, 15) is 4.79 Å². The van der Waals surface area contributed by atoms with Crippen LogP contribution in [0.3, 0.4) is 0 Å². The summed E-state index contributed by atoms with van der Waals surface area (Å²) in [6, 6.07) is 13.3. The molecule has 0 heterocycles. The zero-order valence-corrected chi connectivity index (χ0v) is 16.0. The Labute approximate surface area is 160 Å². The van der Waals surface area contributed by atoms with Gasteiger partial charge in [0.1, 0.15) is 23.9 Å². The number of amides is 1. The van der Waals surface area contributed by atoms with Gasteiger partial charge in [0.15, 0.2) is 0 Å². The lowest BCUT2D eigenvalue weighted by Gasteiger charge is -2.15. The third kappa shape index (κ3) is 5.16. The largest absolute Gasteiger partial charge is 0.497 e. The molecule has 0 radical (unpaired) electrons. The molecule has 1 N–H and O–H groups in total. The van der Waals surface area contributed by atoms with Gasteiger partial charge in [-0.3, -0.25) is 4.79 Å². The number of nitrogens with one attached hydrogen (secondary N) is 1. The average Bonchev–Trinajstić information content (AvgIpc) is 3.20. The predicted molar refractivity (Wildman–Crippen MR) is 105 cm³/mol. The average molecular weight is 369 g/mol. The minimum atomic E-state index is -0.0346. The number of hydrogen-bond donors (Lipinski definition) is 1. The van der Waals surface area contributed by atoms with Gasteiger partial charge in [-0.05, 0) is 50.1 Å². The molecule has 0 saturated heterocycles. The molecule has 1 fully saturated rings. The van der Waals surface area contributed by atoms with Crippen LogP contribution in [0.15, 0.2) is 42.5 Å². The van der Waals surface area contributed by atoms with E-state index in [1.54, 1.807) is 7.11 Å². The number of carbonyl (C=O) groups excluding carboxylic acids is 1. The molecule has 144 valence electrons. The van der Waals surface area contributed by atoms with Crippen LogP contribution in [0.25, 0.3) is 0 Å². The highest BCUT2D eigenvalue weighted by molar-refractivity contribution is 5.94. The van der Waals surface area contributed by atoms with Gasteiger partial charge >= 0.3 is 0 Å². The van der Waals surface area contributed by atoms with Gasteiger partial charge in [-0.15, -0.1) is 0 Å². The highest BCUT2D eigenvalue weighted by Gasteiger charge is 2.19. The molecule has 1 saturated carbocycles. The molecule has 1 amide bonds. The summed E-state index contributed by atoms with van der Waals surface area (Å²) >= 11 is 0. The molecule has 0 atom stereocenters. The van der Waals surface area contributed by atoms with Gasteiger partial charge in [-0.25, -0.2) is 0 Å². The SMILES string of the molecule is CCOc1ccc(C(=O)NC2CCCC2)cc1COc1cccc(OC)c1. The van der Waals surface area contributed by atoms with Gasteiger partial charge in [-0.1, -0.05) is 18.9 Å². The Hall–Kier alpha value is -2.69. The van der Waals surface area contributed by atoms with E-state index in [1.807, 2.05) is 49.4 Å². The van der Waals surface area contributed by atoms with Gasteiger partial charge in [0, 0.05) is 23.2 Å². The van der Waals surface area contributed by atoms with Crippen LogP contribution in [-0.4, -0.2) is 25.7 Å². The smallest absolute Gasteiger partial charge is 0.251 e. The maximum absolute atomic E-state index is 12.6. The van der Waals surface area contributed by atoms with Crippen molar-refractivity contribution in [2.75, 3.05) is 13.7 Å². The molecule has 0 bridgehead atoms. The fraction of sp³-hybridized carbons (Fsp3) is 0.409. The van der Waals surface area contributed by atoms with Crippen LogP contribution in [0.2, 0.25) is 0 Å². The second-order valence-electron chi connectivity index (χ2n) is 6.68. The Balaban J connectivity index is 1.73.